The van der Waals surface area contributed by atoms with E-state index in [1.54, 1.807) is 26.4 Å². The molecule has 0 spiro atoms. The number of ether oxygens (including phenoxy) is 2. The topological polar surface area (TPSA) is 72.0 Å². The number of amides is 1. The fourth-order valence-electron chi connectivity index (χ4n) is 2.12. The monoisotopic (exact) mass is 293 g/mol. The fourth-order valence-corrected chi connectivity index (χ4v) is 2.12. The zero-order chi connectivity index (χ0) is 15.4. The molecule has 7 nitrogen and oxygen atoms in total. The van der Waals surface area contributed by atoms with Crippen molar-refractivity contribution >= 4 is 17.6 Å². The number of carbonyl (C=O) groups is 2. The molecule has 0 aromatic carbocycles. The molecule has 0 aliphatic carbocycles. The lowest BCUT2D eigenvalue weighted by Gasteiger charge is -2.33. The molecular formula is C14H19N3O4. The van der Waals surface area contributed by atoms with Gasteiger partial charge >= 0.3 is 5.97 Å². The van der Waals surface area contributed by atoms with Crippen molar-refractivity contribution in [1.82, 2.24) is 9.88 Å². The molecule has 0 N–H and O–H groups in total. The highest BCUT2D eigenvalue weighted by atomic mass is 16.6. The van der Waals surface area contributed by atoms with E-state index in [0.717, 1.165) is 5.69 Å². The second-order valence-corrected chi connectivity index (χ2v) is 4.93. The van der Waals surface area contributed by atoms with E-state index in [2.05, 4.69) is 4.98 Å². The van der Waals surface area contributed by atoms with Crippen molar-refractivity contribution in [2.24, 2.45) is 0 Å². The summed E-state index contributed by atoms with van der Waals surface area (Å²) in [4.78, 5) is 31.1. The molecule has 0 radical (unpaired) electrons. The van der Waals surface area contributed by atoms with E-state index < -0.39 is 12.1 Å². The molecule has 1 fully saturated rings. The molecule has 1 aromatic rings. The van der Waals surface area contributed by atoms with Gasteiger partial charge in [-0.2, -0.15) is 0 Å². The highest BCUT2D eigenvalue weighted by molar-refractivity contribution is 5.92. The highest BCUT2D eigenvalue weighted by Crippen LogP contribution is 2.19. The standard InChI is InChI=1S/C14H19N3O4/c1-16(2)13(18)11-8-10(4-5-15-11)17-6-7-21-12(9-17)14(19)20-3/h4-5,8,12H,6-7,9H2,1-3H3. The molecule has 1 atom stereocenters. The van der Waals surface area contributed by atoms with Crippen LogP contribution in [0.1, 0.15) is 10.5 Å². The lowest BCUT2D eigenvalue weighted by Crippen LogP contribution is -2.46. The molecule has 1 aromatic heterocycles. The third kappa shape index (κ3) is 3.49. The number of anilines is 1. The van der Waals surface area contributed by atoms with E-state index in [9.17, 15) is 9.59 Å². The number of nitrogens with zero attached hydrogens (tertiary/aromatic N) is 3. The van der Waals surface area contributed by atoms with Gasteiger partial charge in [-0.05, 0) is 12.1 Å². The summed E-state index contributed by atoms with van der Waals surface area (Å²) in [6, 6.07) is 3.54. The zero-order valence-corrected chi connectivity index (χ0v) is 12.4. The molecule has 1 saturated heterocycles. The number of morpholine rings is 1. The van der Waals surface area contributed by atoms with Crippen LogP contribution in [0.15, 0.2) is 18.3 Å². The van der Waals surface area contributed by atoms with Crippen molar-refractivity contribution in [3.05, 3.63) is 24.0 Å². The number of methoxy groups -OCH3 is 1. The van der Waals surface area contributed by atoms with Crippen LogP contribution >= 0.6 is 0 Å². The number of carbonyl (C=O) groups excluding carboxylic acids is 2. The number of rotatable bonds is 3. The van der Waals surface area contributed by atoms with Gasteiger partial charge in [0.2, 0.25) is 0 Å². The van der Waals surface area contributed by atoms with E-state index >= 15 is 0 Å². The Labute approximate surface area is 123 Å². The van der Waals surface area contributed by atoms with Crippen LogP contribution in [0.4, 0.5) is 5.69 Å². The number of hydrogen-bond donors (Lipinski definition) is 0. The van der Waals surface area contributed by atoms with Gasteiger partial charge in [0.05, 0.1) is 20.3 Å². The van der Waals surface area contributed by atoms with Crippen LogP contribution in [0.5, 0.6) is 0 Å². The molecule has 2 rings (SSSR count). The smallest absolute Gasteiger partial charge is 0.336 e. The Balaban J connectivity index is 2.16. The zero-order valence-electron chi connectivity index (χ0n) is 12.4. The predicted octanol–water partition coefficient (Wildman–Crippen LogP) is 0.162. The minimum Gasteiger partial charge on any atom is -0.467 e. The van der Waals surface area contributed by atoms with E-state index in [4.69, 9.17) is 9.47 Å². The molecule has 114 valence electrons. The maximum absolute atomic E-state index is 11.9. The van der Waals surface area contributed by atoms with Gasteiger partial charge in [0, 0.05) is 32.5 Å². The van der Waals surface area contributed by atoms with Crippen molar-refractivity contribution in [2.75, 3.05) is 45.8 Å². The van der Waals surface area contributed by atoms with Crippen LogP contribution in [0.3, 0.4) is 0 Å². The summed E-state index contributed by atoms with van der Waals surface area (Å²) < 4.78 is 10.1. The quantitative estimate of drug-likeness (QED) is 0.739. The molecule has 1 amide bonds. The van der Waals surface area contributed by atoms with Gasteiger partial charge < -0.3 is 19.3 Å². The Morgan fingerprint density at radius 2 is 2.24 bits per heavy atom. The largest absolute Gasteiger partial charge is 0.467 e. The first kappa shape index (κ1) is 15.2. The summed E-state index contributed by atoms with van der Waals surface area (Å²) in [5.74, 6) is -0.548. The van der Waals surface area contributed by atoms with Crippen molar-refractivity contribution < 1.29 is 19.1 Å². The normalized spacial score (nSPS) is 18.2. The Kier molecular flexibility index (Phi) is 4.74. The third-order valence-electron chi connectivity index (χ3n) is 3.26. The molecular weight excluding hydrogens is 274 g/mol. The molecule has 21 heavy (non-hydrogen) atoms. The molecule has 0 saturated carbocycles. The summed E-state index contributed by atoms with van der Waals surface area (Å²) >= 11 is 0. The summed E-state index contributed by atoms with van der Waals surface area (Å²) in [7, 11) is 4.70. The molecule has 2 heterocycles. The number of aromatic nitrogens is 1. The van der Waals surface area contributed by atoms with Crippen molar-refractivity contribution in [3.8, 4) is 0 Å². The van der Waals surface area contributed by atoms with Gasteiger partial charge in [0.15, 0.2) is 6.10 Å². The van der Waals surface area contributed by atoms with Gasteiger partial charge in [-0.15, -0.1) is 0 Å². The Hall–Kier alpha value is -2.15. The SMILES string of the molecule is COC(=O)C1CN(c2ccnc(C(=O)N(C)C)c2)CCO1. The van der Waals surface area contributed by atoms with E-state index in [1.807, 2.05) is 11.0 Å². The lowest BCUT2D eigenvalue weighted by molar-refractivity contribution is -0.154. The van der Waals surface area contributed by atoms with Gasteiger partial charge in [0.25, 0.3) is 5.91 Å². The van der Waals surface area contributed by atoms with Crippen molar-refractivity contribution in [1.29, 1.82) is 0 Å². The Morgan fingerprint density at radius 3 is 2.90 bits per heavy atom. The summed E-state index contributed by atoms with van der Waals surface area (Å²) in [6.07, 6.45) is 0.985. The summed E-state index contributed by atoms with van der Waals surface area (Å²) in [5.41, 5.74) is 1.21. The molecule has 0 bridgehead atoms. The minimum atomic E-state index is -0.607. The van der Waals surface area contributed by atoms with Crippen LogP contribution < -0.4 is 4.90 Å². The first-order chi connectivity index (χ1) is 10.0. The number of esters is 1. The Morgan fingerprint density at radius 1 is 1.48 bits per heavy atom. The van der Waals surface area contributed by atoms with Gasteiger partial charge in [-0.3, -0.25) is 9.78 Å². The van der Waals surface area contributed by atoms with Crippen LogP contribution in [0.2, 0.25) is 0 Å². The second-order valence-electron chi connectivity index (χ2n) is 4.93. The first-order valence-electron chi connectivity index (χ1n) is 6.65. The number of hydrogen-bond acceptors (Lipinski definition) is 6. The molecule has 1 unspecified atom stereocenters. The van der Waals surface area contributed by atoms with Crippen molar-refractivity contribution in [3.63, 3.8) is 0 Å². The molecule has 1 aliphatic heterocycles. The maximum atomic E-state index is 11.9. The summed E-state index contributed by atoms with van der Waals surface area (Å²) in [6.45, 7) is 1.47. The average molecular weight is 293 g/mol. The Bertz CT molecular complexity index is 533. The van der Waals surface area contributed by atoms with Crippen LogP contribution in [-0.2, 0) is 14.3 Å². The van der Waals surface area contributed by atoms with Crippen LogP contribution in [0.25, 0.3) is 0 Å². The van der Waals surface area contributed by atoms with Crippen molar-refractivity contribution in [2.45, 2.75) is 6.10 Å². The predicted molar refractivity (Wildman–Crippen MR) is 76.2 cm³/mol. The van der Waals surface area contributed by atoms with E-state index in [0.29, 0.717) is 25.4 Å². The van der Waals surface area contributed by atoms with E-state index in [1.165, 1.54) is 12.0 Å². The molecule has 7 heteroatoms. The minimum absolute atomic E-state index is 0.158. The number of pyridine rings is 1. The summed E-state index contributed by atoms with van der Waals surface area (Å²) in [5, 5.41) is 0. The molecule has 1 aliphatic rings. The van der Waals surface area contributed by atoms with Gasteiger partial charge in [-0.25, -0.2) is 4.79 Å². The van der Waals surface area contributed by atoms with Crippen LogP contribution in [0, 0.1) is 0 Å². The van der Waals surface area contributed by atoms with Gasteiger partial charge in [-0.1, -0.05) is 0 Å². The fraction of sp³-hybridized carbons (Fsp3) is 0.500. The second kappa shape index (κ2) is 6.53. The average Bonchev–Trinajstić information content (AvgIpc) is 2.53. The third-order valence-corrected chi connectivity index (χ3v) is 3.26. The highest BCUT2D eigenvalue weighted by Gasteiger charge is 2.27. The van der Waals surface area contributed by atoms with Crippen LogP contribution in [-0.4, -0.2) is 68.8 Å². The maximum Gasteiger partial charge on any atom is 0.336 e. The van der Waals surface area contributed by atoms with E-state index in [-0.39, 0.29) is 5.91 Å². The first-order valence-corrected chi connectivity index (χ1v) is 6.65. The lowest BCUT2D eigenvalue weighted by atomic mass is 10.2. The van der Waals surface area contributed by atoms with Gasteiger partial charge in [0.1, 0.15) is 5.69 Å².